The number of carbonyl (C=O) groups is 2. The number of fused-ring (bicyclic) bond motifs is 1. The Labute approximate surface area is 141 Å². The third-order valence-electron chi connectivity index (χ3n) is 4.00. The van der Waals surface area contributed by atoms with Crippen LogP contribution in [0.4, 0.5) is 0 Å². The molecule has 0 radical (unpaired) electrons. The van der Waals surface area contributed by atoms with Crippen LogP contribution in [0.15, 0.2) is 48.5 Å². The first-order chi connectivity index (χ1) is 11.3. The highest BCUT2D eigenvalue weighted by molar-refractivity contribution is 6.21. The molecule has 1 unspecified atom stereocenters. The largest absolute Gasteiger partial charge is 0.369 e. The van der Waals surface area contributed by atoms with Crippen molar-refractivity contribution in [2.24, 2.45) is 0 Å². The number of aliphatic hydroxyl groups excluding tert-OH is 1. The van der Waals surface area contributed by atoms with Crippen molar-refractivity contribution in [2.75, 3.05) is 21.1 Å². The molecule has 2 amide bonds. The molecule has 0 aliphatic carbocycles. The number of benzene rings is 2. The van der Waals surface area contributed by atoms with Crippen LogP contribution >= 0.6 is 0 Å². The molecule has 5 nitrogen and oxygen atoms in total. The van der Waals surface area contributed by atoms with Gasteiger partial charge in [-0.1, -0.05) is 36.4 Å². The number of hydrogen-bond acceptors (Lipinski definition) is 3. The lowest BCUT2D eigenvalue weighted by molar-refractivity contribution is -0.884. The van der Waals surface area contributed by atoms with Gasteiger partial charge in [-0.3, -0.25) is 9.59 Å². The number of nitrogens with zero attached hydrogens (tertiary/aromatic N) is 2. The van der Waals surface area contributed by atoms with E-state index in [1.54, 1.807) is 36.4 Å². The second-order valence-electron chi connectivity index (χ2n) is 7.09. The van der Waals surface area contributed by atoms with Gasteiger partial charge < -0.3 is 9.59 Å². The molecular weight excluding hydrogens is 304 g/mol. The fourth-order valence-electron chi connectivity index (χ4n) is 2.92. The van der Waals surface area contributed by atoms with E-state index < -0.39 is 18.0 Å². The molecular formula is C19H21N2O3+. The second-order valence-corrected chi connectivity index (χ2v) is 7.09. The molecule has 124 valence electrons. The zero-order valence-electron chi connectivity index (χ0n) is 14.1. The predicted octanol–water partition coefficient (Wildman–Crippen LogP) is 2.18. The van der Waals surface area contributed by atoms with Crippen LogP contribution in [0.1, 0.15) is 38.1 Å². The minimum atomic E-state index is -1.28. The number of rotatable bonds is 4. The molecule has 1 atom stereocenters. The first-order valence-corrected chi connectivity index (χ1v) is 7.82. The van der Waals surface area contributed by atoms with E-state index in [1.807, 2.05) is 12.1 Å². The Hall–Kier alpha value is -2.50. The van der Waals surface area contributed by atoms with Gasteiger partial charge in [0.15, 0.2) is 6.23 Å². The first-order valence-electron chi connectivity index (χ1n) is 7.82. The SMILES string of the molecule is C[N+](C)(C)Cc1ccc(C(O)N2C(=O)c3ccccc3C2=O)cc1. The molecule has 2 aromatic rings. The normalized spacial score (nSPS) is 15.6. The quantitative estimate of drug-likeness (QED) is 0.692. The summed E-state index contributed by atoms with van der Waals surface area (Å²) in [7, 11) is 6.30. The minimum absolute atomic E-state index is 0.336. The number of imide groups is 1. The van der Waals surface area contributed by atoms with Crippen molar-refractivity contribution in [3.63, 3.8) is 0 Å². The molecule has 0 fully saturated rings. The Balaban J connectivity index is 1.84. The monoisotopic (exact) mass is 325 g/mol. The summed E-state index contributed by atoms with van der Waals surface area (Å²) in [6.45, 7) is 0.851. The molecule has 1 heterocycles. The van der Waals surface area contributed by atoms with Crippen LogP contribution < -0.4 is 0 Å². The highest BCUT2D eigenvalue weighted by atomic mass is 16.3. The van der Waals surface area contributed by atoms with Gasteiger partial charge in [-0.2, -0.15) is 0 Å². The van der Waals surface area contributed by atoms with Crippen molar-refractivity contribution >= 4 is 11.8 Å². The molecule has 1 aliphatic rings. The maximum Gasteiger partial charge on any atom is 0.263 e. The summed E-state index contributed by atoms with van der Waals surface area (Å²) in [4.78, 5) is 25.8. The molecule has 0 saturated heterocycles. The highest BCUT2D eigenvalue weighted by Gasteiger charge is 2.39. The Morgan fingerprint density at radius 2 is 1.42 bits per heavy atom. The van der Waals surface area contributed by atoms with Crippen LogP contribution in [0.2, 0.25) is 0 Å². The third kappa shape index (κ3) is 2.96. The zero-order valence-corrected chi connectivity index (χ0v) is 14.1. The molecule has 0 bridgehead atoms. The standard InChI is InChI=1S/C19H21N2O3/c1-21(2,3)12-13-8-10-14(11-9-13)17(22)20-18(23)15-6-4-5-7-16(15)19(20)24/h4-11,17,22H,12H2,1-3H3/q+1. The average Bonchev–Trinajstić information content (AvgIpc) is 2.78. The lowest BCUT2D eigenvalue weighted by Crippen LogP contribution is -2.34. The van der Waals surface area contributed by atoms with E-state index in [-0.39, 0.29) is 0 Å². The summed E-state index contributed by atoms with van der Waals surface area (Å²) < 4.78 is 0.792. The van der Waals surface area contributed by atoms with Gasteiger partial charge in [0.25, 0.3) is 11.8 Å². The van der Waals surface area contributed by atoms with E-state index in [0.717, 1.165) is 21.5 Å². The highest BCUT2D eigenvalue weighted by Crippen LogP contribution is 2.30. The summed E-state index contributed by atoms with van der Waals surface area (Å²) >= 11 is 0. The number of amides is 2. The molecule has 3 rings (SSSR count). The third-order valence-corrected chi connectivity index (χ3v) is 4.00. The van der Waals surface area contributed by atoms with Gasteiger partial charge in [0, 0.05) is 11.1 Å². The van der Waals surface area contributed by atoms with E-state index >= 15 is 0 Å². The van der Waals surface area contributed by atoms with Crippen molar-refractivity contribution in [1.82, 2.24) is 4.90 Å². The summed E-state index contributed by atoms with van der Waals surface area (Å²) in [5, 5.41) is 10.5. The molecule has 1 aliphatic heterocycles. The predicted molar refractivity (Wildman–Crippen MR) is 90.1 cm³/mol. The van der Waals surface area contributed by atoms with Crippen LogP contribution in [-0.2, 0) is 6.54 Å². The Morgan fingerprint density at radius 3 is 1.88 bits per heavy atom. The summed E-state index contributed by atoms with van der Waals surface area (Å²) in [5.74, 6) is -0.919. The Kier molecular flexibility index (Phi) is 3.99. The van der Waals surface area contributed by atoms with E-state index in [2.05, 4.69) is 21.1 Å². The zero-order chi connectivity index (χ0) is 17.5. The molecule has 0 spiro atoms. The van der Waals surface area contributed by atoms with Crippen molar-refractivity contribution < 1.29 is 19.2 Å². The first kappa shape index (κ1) is 16.4. The topological polar surface area (TPSA) is 57.6 Å². The number of hydrogen-bond donors (Lipinski definition) is 1. The number of carbonyl (C=O) groups excluding carboxylic acids is 2. The number of aliphatic hydroxyl groups is 1. The van der Waals surface area contributed by atoms with Crippen molar-refractivity contribution in [3.8, 4) is 0 Å². The van der Waals surface area contributed by atoms with E-state index in [1.165, 1.54) is 0 Å². The van der Waals surface area contributed by atoms with Gasteiger partial charge in [-0.25, -0.2) is 4.90 Å². The van der Waals surface area contributed by atoms with Gasteiger partial charge in [-0.15, -0.1) is 0 Å². The smallest absolute Gasteiger partial charge is 0.263 e. The fourth-order valence-corrected chi connectivity index (χ4v) is 2.92. The number of quaternary nitrogens is 1. The van der Waals surface area contributed by atoms with Crippen LogP contribution in [0.3, 0.4) is 0 Å². The maximum atomic E-state index is 12.4. The van der Waals surface area contributed by atoms with Gasteiger partial charge >= 0.3 is 0 Å². The van der Waals surface area contributed by atoms with E-state index in [4.69, 9.17) is 0 Å². The maximum absolute atomic E-state index is 12.4. The fraction of sp³-hybridized carbons (Fsp3) is 0.263. The van der Waals surface area contributed by atoms with Crippen LogP contribution in [0, 0.1) is 0 Å². The minimum Gasteiger partial charge on any atom is -0.369 e. The lowest BCUT2D eigenvalue weighted by Gasteiger charge is -2.25. The van der Waals surface area contributed by atoms with Crippen LogP contribution in [0.25, 0.3) is 0 Å². The second kappa shape index (κ2) is 5.85. The summed E-state index contributed by atoms with van der Waals surface area (Å²) in [6, 6.07) is 14.0. The molecule has 0 saturated carbocycles. The van der Waals surface area contributed by atoms with Gasteiger partial charge in [0.05, 0.1) is 32.3 Å². The Bertz CT molecular complexity index is 756. The average molecular weight is 325 g/mol. The van der Waals surface area contributed by atoms with Gasteiger partial charge in [0.1, 0.15) is 6.54 Å². The molecule has 2 aromatic carbocycles. The summed E-state index contributed by atoms with van der Waals surface area (Å²) in [6.07, 6.45) is -1.28. The lowest BCUT2D eigenvalue weighted by atomic mass is 10.1. The molecule has 0 aromatic heterocycles. The van der Waals surface area contributed by atoms with Gasteiger partial charge in [-0.05, 0) is 12.1 Å². The van der Waals surface area contributed by atoms with Crippen LogP contribution in [0.5, 0.6) is 0 Å². The molecule has 5 heteroatoms. The van der Waals surface area contributed by atoms with Crippen molar-refractivity contribution in [2.45, 2.75) is 12.8 Å². The molecule has 24 heavy (non-hydrogen) atoms. The van der Waals surface area contributed by atoms with Crippen LogP contribution in [-0.4, -0.2) is 47.4 Å². The Morgan fingerprint density at radius 1 is 0.917 bits per heavy atom. The van der Waals surface area contributed by atoms with E-state index in [0.29, 0.717) is 16.7 Å². The van der Waals surface area contributed by atoms with Gasteiger partial charge in [0.2, 0.25) is 0 Å². The van der Waals surface area contributed by atoms with Crippen molar-refractivity contribution in [3.05, 3.63) is 70.8 Å². The molecule has 1 N–H and O–H groups in total. The van der Waals surface area contributed by atoms with Crippen molar-refractivity contribution in [1.29, 1.82) is 0 Å². The van der Waals surface area contributed by atoms with E-state index in [9.17, 15) is 14.7 Å². The summed E-state index contributed by atoms with van der Waals surface area (Å²) in [5.41, 5.74) is 2.32.